The van der Waals surface area contributed by atoms with Crippen molar-refractivity contribution in [2.75, 3.05) is 0 Å². The molecular weight excluding hydrogens is 438 g/mol. The first-order chi connectivity index (χ1) is 17.4. The predicted molar refractivity (Wildman–Crippen MR) is 151 cm³/mol. The Labute approximate surface area is 212 Å². The van der Waals surface area contributed by atoms with Crippen molar-refractivity contribution in [1.29, 1.82) is 0 Å². The Morgan fingerprint density at radius 1 is 0.611 bits per heavy atom. The van der Waals surface area contributed by atoms with Crippen molar-refractivity contribution in [2.45, 2.75) is 33.1 Å². The van der Waals surface area contributed by atoms with Crippen LogP contribution in [0.4, 0.5) is 0 Å². The summed E-state index contributed by atoms with van der Waals surface area (Å²) in [5.41, 5.74) is 7.91. The minimum Gasteiger partial charge on any atom is -0.294 e. The summed E-state index contributed by atoms with van der Waals surface area (Å²) in [6.07, 6.45) is 0. The Bertz CT molecular complexity index is 1650. The number of para-hydroxylation sites is 2. The molecule has 0 saturated carbocycles. The number of benzene rings is 4. The third-order valence-corrected chi connectivity index (χ3v) is 6.88. The lowest BCUT2D eigenvalue weighted by Gasteiger charge is -2.19. The molecule has 0 N–H and O–H groups in total. The van der Waals surface area contributed by atoms with E-state index in [-0.39, 0.29) is 5.41 Å². The van der Waals surface area contributed by atoms with Gasteiger partial charge in [-0.15, -0.1) is 0 Å². The van der Waals surface area contributed by atoms with E-state index in [4.69, 9.17) is 9.97 Å². The van der Waals surface area contributed by atoms with Gasteiger partial charge in [-0.25, -0.2) is 9.97 Å². The molecule has 0 spiro atoms. The van der Waals surface area contributed by atoms with Gasteiger partial charge >= 0.3 is 0 Å². The zero-order chi connectivity index (χ0) is 24.9. The molecule has 6 aromatic rings. The average molecular weight is 468 g/mol. The van der Waals surface area contributed by atoms with Crippen molar-refractivity contribution in [3.63, 3.8) is 0 Å². The fraction of sp³-hybridized carbons (Fsp3) is 0.152. The molecule has 0 amide bonds. The summed E-state index contributed by atoms with van der Waals surface area (Å²) in [7, 11) is 0. The number of aryl methyl sites for hydroxylation is 1. The summed E-state index contributed by atoms with van der Waals surface area (Å²) in [6, 6.07) is 36.4. The van der Waals surface area contributed by atoms with Crippen molar-refractivity contribution in [3.05, 3.63) is 114 Å². The molecular formula is C33H29N3. The summed E-state index contributed by atoms with van der Waals surface area (Å²) in [4.78, 5) is 10.2. The highest BCUT2D eigenvalue weighted by molar-refractivity contribution is 6.09. The van der Waals surface area contributed by atoms with Gasteiger partial charge in [0, 0.05) is 28.0 Å². The van der Waals surface area contributed by atoms with Crippen LogP contribution in [0.15, 0.2) is 103 Å². The summed E-state index contributed by atoms with van der Waals surface area (Å²) < 4.78 is 2.26. The van der Waals surface area contributed by atoms with E-state index >= 15 is 0 Å². The van der Waals surface area contributed by atoms with Crippen molar-refractivity contribution in [2.24, 2.45) is 0 Å². The van der Waals surface area contributed by atoms with Crippen LogP contribution >= 0.6 is 0 Å². The lowest BCUT2D eigenvalue weighted by Crippen LogP contribution is -2.10. The van der Waals surface area contributed by atoms with Crippen molar-refractivity contribution in [1.82, 2.24) is 14.5 Å². The molecule has 0 saturated heterocycles. The van der Waals surface area contributed by atoms with E-state index in [1.165, 1.54) is 21.9 Å². The first-order valence-electron chi connectivity index (χ1n) is 12.4. The van der Waals surface area contributed by atoms with Gasteiger partial charge in [-0.05, 0) is 30.0 Å². The van der Waals surface area contributed by atoms with Crippen molar-refractivity contribution in [3.8, 4) is 28.5 Å². The largest absolute Gasteiger partial charge is 0.294 e. The van der Waals surface area contributed by atoms with E-state index in [2.05, 4.69) is 135 Å². The van der Waals surface area contributed by atoms with Crippen LogP contribution in [-0.4, -0.2) is 14.5 Å². The Hall–Kier alpha value is -4.24. The van der Waals surface area contributed by atoms with Crippen LogP contribution in [0.3, 0.4) is 0 Å². The van der Waals surface area contributed by atoms with E-state index < -0.39 is 0 Å². The summed E-state index contributed by atoms with van der Waals surface area (Å²) in [6.45, 7) is 8.81. The molecule has 176 valence electrons. The van der Waals surface area contributed by atoms with Gasteiger partial charge in [0.1, 0.15) is 5.82 Å². The normalized spacial score (nSPS) is 11.9. The second kappa shape index (κ2) is 8.46. The number of fused-ring (bicyclic) bond motifs is 3. The molecule has 0 aliphatic carbocycles. The quantitative estimate of drug-likeness (QED) is 0.261. The average Bonchev–Trinajstić information content (AvgIpc) is 3.23. The SMILES string of the molecule is Cc1ccc(-c2cc(-n3c4ccccc4c4ccccc43)nc(-c3ccc(C(C)(C)C)cc3)n2)cc1. The van der Waals surface area contributed by atoms with Gasteiger partial charge in [-0.2, -0.15) is 0 Å². The molecule has 0 aliphatic heterocycles. The van der Waals surface area contributed by atoms with Crippen LogP contribution in [0.2, 0.25) is 0 Å². The Balaban J connectivity index is 1.62. The topological polar surface area (TPSA) is 30.7 Å². The van der Waals surface area contributed by atoms with E-state index in [1.807, 2.05) is 0 Å². The van der Waals surface area contributed by atoms with Gasteiger partial charge in [0.15, 0.2) is 5.82 Å². The number of nitrogens with zero attached hydrogens (tertiary/aromatic N) is 3. The third kappa shape index (κ3) is 3.87. The number of hydrogen-bond acceptors (Lipinski definition) is 2. The van der Waals surface area contributed by atoms with Gasteiger partial charge in [0.05, 0.1) is 16.7 Å². The first kappa shape index (κ1) is 22.2. The second-order valence-electron chi connectivity index (χ2n) is 10.5. The molecule has 0 aliphatic rings. The molecule has 0 bridgehead atoms. The van der Waals surface area contributed by atoms with Crippen LogP contribution in [0, 0.1) is 6.92 Å². The number of hydrogen-bond donors (Lipinski definition) is 0. The maximum Gasteiger partial charge on any atom is 0.162 e. The molecule has 3 nitrogen and oxygen atoms in total. The number of rotatable bonds is 3. The van der Waals surface area contributed by atoms with Crippen LogP contribution in [0.5, 0.6) is 0 Å². The minimum atomic E-state index is 0.0945. The Morgan fingerprint density at radius 2 is 1.17 bits per heavy atom. The van der Waals surface area contributed by atoms with Crippen molar-refractivity contribution < 1.29 is 0 Å². The maximum atomic E-state index is 5.13. The molecule has 36 heavy (non-hydrogen) atoms. The highest BCUT2D eigenvalue weighted by Crippen LogP contribution is 2.33. The minimum absolute atomic E-state index is 0.0945. The van der Waals surface area contributed by atoms with Gasteiger partial charge in [0.2, 0.25) is 0 Å². The fourth-order valence-electron chi connectivity index (χ4n) is 4.84. The molecule has 6 rings (SSSR count). The zero-order valence-electron chi connectivity index (χ0n) is 21.2. The molecule has 0 atom stereocenters. The monoisotopic (exact) mass is 467 g/mol. The van der Waals surface area contributed by atoms with Crippen LogP contribution < -0.4 is 0 Å². The molecule has 2 heterocycles. The molecule has 0 unspecified atom stereocenters. The first-order valence-corrected chi connectivity index (χ1v) is 12.4. The fourth-order valence-corrected chi connectivity index (χ4v) is 4.84. The highest BCUT2D eigenvalue weighted by Gasteiger charge is 2.17. The van der Waals surface area contributed by atoms with E-state index in [1.54, 1.807) is 0 Å². The summed E-state index contributed by atoms with van der Waals surface area (Å²) in [5.74, 6) is 1.60. The van der Waals surface area contributed by atoms with Crippen LogP contribution in [0.1, 0.15) is 31.9 Å². The standard InChI is InChI=1S/C33H29N3/c1-22-13-15-23(16-14-22)28-21-31(35-32(34-28)24-17-19-25(20-18-24)33(2,3)4)36-29-11-7-5-9-26(29)27-10-6-8-12-30(27)36/h5-21H,1-4H3. The van der Waals surface area contributed by atoms with E-state index in [9.17, 15) is 0 Å². The summed E-state index contributed by atoms with van der Waals surface area (Å²) in [5, 5.41) is 2.44. The van der Waals surface area contributed by atoms with Gasteiger partial charge in [-0.3, -0.25) is 4.57 Å². The molecule has 2 aromatic heterocycles. The van der Waals surface area contributed by atoms with E-state index in [0.717, 1.165) is 39.5 Å². The second-order valence-corrected chi connectivity index (χ2v) is 10.5. The maximum absolute atomic E-state index is 5.13. The van der Waals surface area contributed by atoms with Crippen LogP contribution in [-0.2, 0) is 5.41 Å². The van der Waals surface area contributed by atoms with Crippen LogP contribution in [0.25, 0.3) is 50.3 Å². The van der Waals surface area contributed by atoms with Crippen molar-refractivity contribution >= 4 is 21.8 Å². The lowest BCUT2D eigenvalue weighted by atomic mass is 9.86. The molecule has 0 fully saturated rings. The zero-order valence-corrected chi connectivity index (χ0v) is 21.2. The molecule has 3 heteroatoms. The smallest absolute Gasteiger partial charge is 0.162 e. The highest BCUT2D eigenvalue weighted by atomic mass is 15.1. The molecule has 4 aromatic carbocycles. The third-order valence-electron chi connectivity index (χ3n) is 6.88. The Kier molecular flexibility index (Phi) is 5.22. The lowest BCUT2D eigenvalue weighted by molar-refractivity contribution is 0.590. The summed E-state index contributed by atoms with van der Waals surface area (Å²) >= 11 is 0. The molecule has 0 radical (unpaired) electrons. The van der Waals surface area contributed by atoms with Gasteiger partial charge in [-0.1, -0.05) is 111 Å². The van der Waals surface area contributed by atoms with E-state index in [0.29, 0.717) is 0 Å². The number of aromatic nitrogens is 3. The Morgan fingerprint density at radius 3 is 1.75 bits per heavy atom. The predicted octanol–water partition coefficient (Wildman–Crippen LogP) is 8.51. The van der Waals surface area contributed by atoms with Gasteiger partial charge < -0.3 is 0 Å². The van der Waals surface area contributed by atoms with Gasteiger partial charge in [0.25, 0.3) is 0 Å².